The van der Waals surface area contributed by atoms with E-state index in [2.05, 4.69) is 4.90 Å². The smallest absolute Gasteiger partial charge is 0.182 e. The molecule has 1 aliphatic rings. The van der Waals surface area contributed by atoms with Crippen LogP contribution in [0.1, 0.15) is 33.1 Å². The van der Waals surface area contributed by atoms with Crippen molar-refractivity contribution in [3.63, 3.8) is 0 Å². The number of methoxy groups -OCH3 is 4. The molecule has 3 aromatic rings. The first kappa shape index (κ1) is 23.2. The number of fused-ring (bicyclic) bond motifs is 1. The molecule has 0 saturated heterocycles. The zero-order valence-electron chi connectivity index (χ0n) is 19.9. The molecule has 1 atom stereocenters. The maximum atomic E-state index is 13.1. The van der Waals surface area contributed by atoms with Gasteiger partial charge in [-0.05, 0) is 53.5 Å². The fourth-order valence-electron chi connectivity index (χ4n) is 4.30. The number of ether oxygens (including phenoxy) is 4. The highest BCUT2D eigenvalue weighted by Crippen LogP contribution is 2.40. The predicted molar refractivity (Wildman–Crippen MR) is 132 cm³/mol. The Bertz CT molecular complexity index is 1190. The minimum absolute atomic E-state index is 0.0616. The van der Waals surface area contributed by atoms with Gasteiger partial charge in [-0.15, -0.1) is 0 Å². The van der Waals surface area contributed by atoms with Crippen LogP contribution in [0.5, 0.6) is 23.0 Å². The number of ketones is 1. The van der Waals surface area contributed by atoms with E-state index in [-0.39, 0.29) is 18.4 Å². The van der Waals surface area contributed by atoms with Gasteiger partial charge in [0.05, 0.1) is 41.0 Å². The maximum Gasteiger partial charge on any atom is 0.182 e. The number of nitrogens with zero attached hydrogens (tertiary/aromatic N) is 1. The zero-order valence-corrected chi connectivity index (χ0v) is 19.9. The molecule has 0 aromatic heterocycles. The van der Waals surface area contributed by atoms with Crippen molar-refractivity contribution in [2.24, 2.45) is 0 Å². The first-order valence-corrected chi connectivity index (χ1v) is 11.1. The lowest BCUT2D eigenvalue weighted by Gasteiger charge is -2.35. The summed E-state index contributed by atoms with van der Waals surface area (Å²) in [6, 6.07) is 19.2. The molecule has 1 unspecified atom stereocenters. The van der Waals surface area contributed by atoms with Crippen LogP contribution in [0.2, 0.25) is 0 Å². The minimum atomic E-state index is -0.0921. The van der Waals surface area contributed by atoms with Crippen LogP contribution in [0.15, 0.2) is 66.9 Å². The molecule has 0 bridgehead atoms. The molecular weight excluding hydrogens is 430 g/mol. The van der Waals surface area contributed by atoms with Gasteiger partial charge in [0.2, 0.25) is 0 Å². The molecule has 0 fully saturated rings. The Hall–Kier alpha value is -3.93. The van der Waals surface area contributed by atoms with Crippen LogP contribution in [-0.2, 0) is 6.42 Å². The summed E-state index contributed by atoms with van der Waals surface area (Å²) in [4.78, 5) is 15.2. The van der Waals surface area contributed by atoms with Crippen molar-refractivity contribution in [1.82, 2.24) is 4.90 Å². The van der Waals surface area contributed by atoms with E-state index >= 15 is 0 Å². The number of carbonyl (C=O) groups excluding carboxylic acids is 1. The summed E-state index contributed by atoms with van der Waals surface area (Å²) in [7, 11) is 6.50. The summed E-state index contributed by atoms with van der Waals surface area (Å²) in [6.45, 7) is 0.256. The number of benzene rings is 3. The normalized spacial score (nSPS) is 14.4. The highest BCUT2D eigenvalue weighted by Gasteiger charge is 2.28. The van der Waals surface area contributed by atoms with Gasteiger partial charge in [-0.3, -0.25) is 4.79 Å². The summed E-state index contributed by atoms with van der Waals surface area (Å²) >= 11 is 0. The Morgan fingerprint density at radius 2 is 1.44 bits per heavy atom. The van der Waals surface area contributed by atoms with Crippen LogP contribution >= 0.6 is 0 Å². The maximum absolute atomic E-state index is 13.1. The van der Waals surface area contributed by atoms with Crippen molar-refractivity contribution in [2.45, 2.75) is 12.5 Å². The van der Waals surface area contributed by atoms with Crippen molar-refractivity contribution in [3.8, 4) is 23.0 Å². The van der Waals surface area contributed by atoms with Crippen LogP contribution < -0.4 is 18.9 Å². The van der Waals surface area contributed by atoms with Gasteiger partial charge in [0.25, 0.3) is 0 Å². The second-order valence-corrected chi connectivity index (χ2v) is 8.02. The average Bonchev–Trinajstić information content (AvgIpc) is 2.89. The molecule has 34 heavy (non-hydrogen) atoms. The van der Waals surface area contributed by atoms with Crippen LogP contribution in [0.3, 0.4) is 0 Å². The van der Waals surface area contributed by atoms with E-state index in [0.717, 1.165) is 16.7 Å². The Morgan fingerprint density at radius 1 is 0.794 bits per heavy atom. The van der Waals surface area contributed by atoms with Gasteiger partial charge in [-0.2, -0.15) is 0 Å². The monoisotopic (exact) mass is 459 g/mol. The van der Waals surface area contributed by atoms with Gasteiger partial charge < -0.3 is 23.8 Å². The van der Waals surface area contributed by atoms with E-state index in [1.54, 1.807) is 28.4 Å². The van der Waals surface area contributed by atoms with Gasteiger partial charge in [-0.1, -0.05) is 36.4 Å². The fourth-order valence-corrected chi connectivity index (χ4v) is 4.30. The molecule has 0 aliphatic carbocycles. The Balaban J connectivity index is 1.72. The molecule has 0 N–H and O–H groups in total. The van der Waals surface area contributed by atoms with Crippen LogP contribution in [0, 0.1) is 0 Å². The molecular formula is C28H29NO5. The average molecular weight is 460 g/mol. The van der Waals surface area contributed by atoms with E-state index in [9.17, 15) is 4.79 Å². The number of hydrogen-bond acceptors (Lipinski definition) is 6. The molecule has 1 aliphatic heterocycles. The van der Waals surface area contributed by atoms with Crippen molar-refractivity contribution in [3.05, 3.63) is 89.1 Å². The summed E-state index contributed by atoms with van der Waals surface area (Å²) in [5, 5.41) is 0. The highest BCUT2D eigenvalue weighted by atomic mass is 16.5. The van der Waals surface area contributed by atoms with Gasteiger partial charge in [0.15, 0.2) is 28.8 Å². The predicted octanol–water partition coefficient (Wildman–Crippen LogP) is 5.17. The van der Waals surface area contributed by atoms with Crippen LogP contribution in [-0.4, -0.2) is 45.7 Å². The van der Waals surface area contributed by atoms with Crippen LogP contribution in [0.4, 0.5) is 0 Å². The SMILES string of the molecule is COc1ccc(CC2c3cc(OC)c(OC)cc3C=CN2CC(=O)c2ccccc2)cc1OC. The molecule has 6 heteroatoms. The highest BCUT2D eigenvalue weighted by molar-refractivity contribution is 5.97. The van der Waals surface area contributed by atoms with Crippen molar-refractivity contribution < 1.29 is 23.7 Å². The lowest BCUT2D eigenvalue weighted by Crippen LogP contribution is -2.33. The molecule has 0 spiro atoms. The van der Waals surface area contributed by atoms with Gasteiger partial charge in [0, 0.05) is 11.8 Å². The molecule has 6 nitrogen and oxygen atoms in total. The Morgan fingerprint density at radius 3 is 2.12 bits per heavy atom. The topological polar surface area (TPSA) is 57.2 Å². The number of Topliss-reactive ketones (excluding diaryl/α,β-unsaturated/α-hetero) is 1. The number of carbonyl (C=O) groups is 1. The Labute approximate surface area is 200 Å². The lowest BCUT2D eigenvalue weighted by molar-refractivity contribution is 0.0933. The molecule has 0 saturated carbocycles. The van der Waals surface area contributed by atoms with Gasteiger partial charge >= 0.3 is 0 Å². The van der Waals surface area contributed by atoms with E-state index in [1.165, 1.54) is 0 Å². The van der Waals surface area contributed by atoms with E-state index in [0.29, 0.717) is 35.0 Å². The summed E-state index contributed by atoms with van der Waals surface area (Å²) in [5.74, 6) is 2.74. The molecule has 3 aromatic carbocycles. The third-order valence-corrected chi connectivity index (χ3v) is 6.09. The quantitative estimate of drug-likeness (QED) is 0.411. The first-order chi connectivity index (χ1) is 16.6. The van der Waals surface area contributed by atoms with Crippen molar-refractivity contribution >= 4 is 11.9 Å². The third kappa shape index (κ3) is 4.71. The molecule has 1 heterocycles. The van der Waals surface area contributed by atoms with Crippen molar-refractivity contribution in [1.29, 1.82) is 0 Å². The second-order valence-electron chi connectivity index (χ2n) is 8.02. The third-order valence-electron chi connectivity index (χ3n) is 6.09. The largest absolute Gasteiger partial charge is 0.493 e. The molecule has 0 radical (unpaired) electrons. The van der Waals surface area contributed by atoms with E-state index in [1.807, 2.05) is 72.9 Å². The molecule has 176 valence electrons. The zero-order chi connectivity index (χ0) is 24.1. The van der Waals surface area contributed by atoms with Crippen molar-refractivity contribution in [2.75, 3.05) is 35.0 Å². The standard InChI is InChI=1S/C28H29NO5/c1-31-25-11-10-19(15-26(25)32-2)14-23-22-17-28(34-4)27(33-3)16-21(22)12-13-29(23)18-24(30)20-8-6-5-7-9-20/h5-13,15-17,23H,14,18H2,1-4H3. The van der Waals surface area contributed by atoms with E-state index < -0.39 is 0 Å². The van der Waals surface area contributed by atoms with E-state index in [4.69, 9.17) is 18.9 Å². The van der Waals surface area contributed by atoms with Crippen LogP contribution in [0.25, 0.3) is 6.08 Å². The summed E-state index contributed by atoms with van der Waals surface area (Å²) in [5.41, 5.74) is 3.86. The minimum Gasteiger partial charge on any atom is -0.493 e. The number of rotatable bonds is 9. The Kier molecular flexibility index (Phi) is 7.07. The summed E-state index contributed by atoms with van der Waals surface area (Å²) in [6.07, 6.45) is 4.66. The summed E-state index contributed by atoms with van der Waals surface area (Å²) < 4.78 is 22.0. The lowest BCUT2D eigenvalue weighted by atomic mass is 9.90. The number of hydrogen-bond donors (Lipinski definition) is 0. The molecule has 0 amide bonds. The second kappa shape index (κ2) is 10.3. The van der Waals surface area contributed by atoms with Gasteiger partial charge in [-0.25, -0.2) is 0 Å². The first-order valence-electron chi connectivity index (χ1n) is 11.1. The van der Waals surface area contributed by atoms with Gasteiger partial charge in [0.1, 0.15) is 0 Å². The fraction of sp³-hybridized carbons (Fsp3) is 0.250. The molecule has 4 rings (SSSR count).